The maximum Gasteiger partial charge on any atom is 0.331 e. The number of carboxylic acid groups (broad SMARTS) is 1. The first-order chi connectivity index (χ1) is 9.00. The maximum absolute atomic E-state index is 12.6. The Kier molecular flexibility index (Phi) is 3.84. The molecule has 0 radical (unpaired) electrons. The number of aryl methyl sites for hydroxylation is 2. The van der Waals surface area contributed by atoms with Crippen LogP contribution in [0.5, 0.6) is 0 Å². The third-order valence-corrected chi connectivity index (χ3v) is 3.64. The Bertz CT molecular complexity index is 567. The standard InChI is InChI=1S/C16H18O3/c1-10-7-8-11(2)14(9-10)15(17)12-5-3-4-6-13(12)16(18)19/h7-9H,3-6H2,1-2H3,(H,18,19). The third-order valence-electron chi connectivity index (χ3n) is 3.64. The van der Waals surface area contributed by atoms with Crippen LogP contribution in [0.2, 0.25) is 0 Å². The van der Waals surface area contributed by atoms with Crippen molar-refractivity contribution in [2.75, 3.05) is 0 Å². The number of rotatable bonds is 3. The quantitative estimate of drug-likeness (QED) is 0.845. The van der Waals surface area contributed by atoms with Crippen molar-refractivity contribution in [2.24, 2.45) is 0 Å². The van der Waals surface area contributed by atoms with E-state index in [0.29, 0.717) is 29.6 Å². The van der Waals surface area contributed by atoms with Crippen LogP contribution in [-0.4, -0.2) is 16.9 Å². The summed E-state index contributed by atoms with van der Waals surface area (Å²) in [4.78, 5) is 23.8. The topological polar surface area (TPSA) is 54.4 Å². The van der Waals surface area contributed by atoms with E-state index in [2.05, 4.69) is 0 Å². The summed E-state index contributed by atoms with van der Waals surface area (Å²) in [5.74, 6) is -1.06. The molecule has 0 atom stereocenters. The number of hydrogen-bond donors (Lipinski definition) is 1. The van der Waals surface area contributed by atoms with Gasteiger partial charge in [-0.3, -0.25) is 4.79 Å². The van der Waals surface area contributed by atoms with Crippen molar-refractivity contribution in [3.63, 3.8) is 0 Å². The minimum atomic E-state index is -0.951. The first-order valence-corrected chi connectivity index (χ1v) is 6.58. The van der Waals surface area contributed by atoms with Crippen LogP contribution < -0.4 is 0 Å². The molecule has 1 N–H and O–H groups in total. The minimum absolute atomic E-state index is 0.113. The second kappa shape index (κ2) is 5.39. The Hall–Kier alpha value is -1.90. The molecule has 0 saturated heterocycles. The summed E-state index contributed by atoms with van der Waals surface area (Å²) in [6.07, 6.45) is 2.82. The van der Waals surface area contributed by atoms with E-state index in [-0.39, 0.29) is 5.78 Å². The monoisotopic (exact) mass is 258 g/mol. The average Bonchev–Trinajstić information content (AvgIpc) is 2.40. The van der Waals surface area contributed by atoms with Gasteiger partial charge in [0.05, 0.1) is 0 Å². The zero-order valence-corrected chi connectivity index (χ0v) is 11.3. The van der Waals surface area contributed by atoms with Gasteiger partial charge in [0.2, 0.25) is 0 Å². The van der Waals surface area contributed by atoms with E-state index in [9.17, 15) is 14.7 Å². The molecule has 0 fully saturated rings. The molecule has 0 spiro atoms. The number of carboxylic acids is 1. The first kappa shape index (κ1) is 13.5. The highest BCUT2D eigenvalue weighted by Crippen LogP contribution is 2.28. The van der Waals surface area contributed by atoms with Gasteiger partial charge in [0.15, 0.2) is 5.78 Å². The summed E-state index contributed by atoms with van der Waals surface area (Å²) < 4.78 is 0. The molecule has 0 saturated carbocycles. The van der Waals surface area contributed by atoms with Crippen LogP contribution in [0.25, 0.3) is 0 Å². The average molecular weight is 258 g/mol. The molecule has 0 unspecified atom stereocenters. The predicted octanol–water partition coefficient (Wildman–Crippen LogP) is 3.44. The van der Waals surface area contributed by atoms with Gasteiger partial charge >= 0.3 is 5.97 Å². The van der Waals surface area contributed by atoms with E-state index >= 15 is 0 Å². The largest absolute Gasteiger partial charge is 0.478 e. The molecule has 0 aliphatic heterocycles. The number of Topliss-reactive ketones (excluding diaryl/α,β-unsaturated/α-hetero) is 1. The summed E-state index contributed by atoms with van der Waals surface area (Å²) in [7, 11) is 0. The highest BCUT2D eigenvalue weighted by molar-refractivity contribution is 6.13. The van der Waals surface area contributed by atoms with Crippen LogP contribution in [0, 0.1) is 13.8 Å². The number of hydrogen-bond acceptors (Lipinski definition) is 2. The summed E-state index contributed by atoms with van der Waals surface area (Å²) in [6, 6.07) is 5.71. The molecule has 1 aliphatic carbocycles. The zero-order chi connectivity index (χ0) is 14.0. The van der Waals surface area contributed by atoms with Crippen LogP contribution in [0.1, 0.15) is 47.2 Å². The van der Waals surface area contributed by atoms with Crippen molar-refractivity contribution in [2.45, 2.75) is 39.5 Å². The molecule has 1 aromatic rings. The van der Waals surface area contributed by atoms with Crippen molar-refractivity contribution < 1.29 is 14.7 Å². The van der Waals surface area contributed by atoms with E-state index < -0.39 is 5.97 Å². The zero-order valence-electron chi connectivity index (χ0n) is 11.3. The Morgan fingerprint density at radius 2 is 1.68 bits per heavy atom. The van der Waals surface area contributed by atoms with Gasteiger partial charge in [0.1, 0.15) is 0 Å². The molecule has 3 heteroatoms. The molecule has 0 bridgehead atoms. The summed E-state index contributed by atoms with van der Waals surface area (Å²) in [5, 5.41) is 9.22. The number of aliphatic carboxylic acids is 1. The molecular weight excluding hydrogens is 240 g/mol. The van der Waals surface area contributed by atoms with Gasteiger partial charge in [-0.1, -0.05) is 17.7 Å². The lowest BCUT2D eigenvalue weighted by atomic mass is 9.86. The lowest BCUT2D eigenvalue weighted by Crippen LogP contribution is -2.16. The van der Waals surface area contributed by atoms with E-state index in [1.807, 2.05) is 32.0 Å². The molecule has 1 aliphatic rings. The normalized spacial score (nSPS) is 15.5. The van der Waals surface area contributed by atoms with E-state index in [4.69, 9.17) is 0 Å². The van der Waals surface area contributed by atoms with Gasteiger partial charge in [0, 0.05) is 16.7 Å². The summed E-state index contributed by atoms with van der Waals surface area (Å²) >= 11 is 0. The Balaban J connectivity index is 2.48. The number of carbonyl (C=O) groups is 2. The summed E-state index contributed by atoms with van der Waals surface area (Å²) in [5.41, 5.74) is 3.35. The highest BCUT2D eigenvalue weighted by Gasteiger charge is 2.25. The first-order valence-electron chi connectivity index (χ1n) is 6.58. The van der Waals surface area contributed by atoms with Crippen molar-refractivity contribution in [3.8, 4) is 0 Å². The van der Waals surface area contributed by atoms with Gasteiger partial charge in [-0.05, 0) is 51.2 Å². The molecule has 0 heterocycles. The second-order valence-corrected chi connectivity index (χ2v) is 5.12. The smallest absolute Gasteiger partial charge is 0.331 e. The summed E-state index contributed by atoms with van der Waals surface area (Å²) in [6.45, 7) is 3.82. The van der Waals surface area contributed by atoms with Gasteiger partial charge < -0.3 is 5.11 Å². The van der Waals surface area contributed by atoms with Crippen LogP contribution >= 0.6 is 0 Å². The number of ketones is 1. The van der Waals surface area contributed by atoms with E-state index in [1.165, 1.54) is 0 Å². The lowest BCUT2D eigenvalue weighted by molar-refractivity contribution is -0.133. The number of benzene rings is 1. The molecule has 19 heavy (non-hydrogen) atoms. The predicted molar refractivity (Wildman–Crippen MR) is 73.4 cm³/mol. The van der Waals surface area contributed by atoms with Gasteiger partial charge in [-0.25, -0.2) is 4.79 Å². The SMILES string of the molecule is Cc1ccc(C)c(C(=O)C2=C(C(=O)O)CCCC2)c1. The Morgan fingerprint density at radius 3 is 2.32 bits per heavy atom. The second-order valence-electron chi connectivity index (χ2n) is 5.12. The van der Waals surface area contributed by atoms with Crippen molar-refractivity contribution in [1.82, 2.24) is 0 Å². The molecule has 2 rings (SSSR count). The molecule has 3 nitrogen and oxygen atoms in total. The van der Waals surface area contributed by atoms with Crippen molar-refractivity contribution in [1.29, 1.82) is 0 Å². The van der Waals surface area contributed by atoms with Crippen molar-refractivity contribution >= 4 is 11.8 Å². The van der Waals surface area contributed by atoms with Gasteiger partial charge in [-0.15, -0.1) is 0 Å². The highest BCUT2D eigenvalue weighted by atomic mass is 16.4. The van der Waals surface area contributed by atoms with Crippen LogP contribution in [0.3, 0.4) is 0 Å². The van der Waals surface area contributed by atoms with Gasteiger partial charge in [0.25, 0.3) is 0 Å². The van der Waals surface area contributed by atoms with E-state index in [0.717, 1.165) is 24.0 Å². The van der Waals surface area contributed by atoms with Gasteiger partial charge in [-0.2, -0.15) is 0 Å². The minimum Gasteiger partial charge on any atom is -0.478 e. The molecule has 100 valence electrons. The maximum atomic E-state index is 12.6. The molecular formula is C16H18O3. The fourth-order valence-electron chi connectivity index (χ4n) is 2.53. The fraction of sp³-hybridized carbons (Fsp3) is 0.375. The molecule has 0 aromatic heterocycles. The molecule has 1 aromatic carbocycles. The van der Waals surface area contributed by atoms with Crippen LogP contribution in [0.4, 0.5) is 0 Å². The Morgan fingerprint density at radius 1 is 1.05 bits per heavy atom. The number of carbonyl (C=O) groups excluding carboxylic acids is 1. The molecule has 0 amide bonds. The van der Waals surface area contributed by atoms with Crippen molar-refractivity contribution in [3.05, 3.63) is 46.0 Å². The van der Waals surface area contributed by atoms with Crippen LogP contribution in [0.15, 0.2) is 29.3 Å². The third kappa shape index (κ3) is 2.75. The lowest BCUT2D eigenvalue weighted by Gasteiger charge is -2.17. The fourth-order valence-corrected chi connectivity index (χ4v) is 2.53. The van der Waals surface area contributed by atoms with E-state index in [1.54, 1.807) is 0 Å². The number of allylic oxidation sites excluding steroid dienone is 1. The van der Waals surface area contributed by atoms with Crippen LogP contribution in [-0.2, 0) is 4.79 Å². The Labute approximate surface area is 113 Å².